The maximum absolute atomic E-state index is 12.4. The highest BCUT2D eigenvalue weighted by Crippen LogP contribution is 2.28. The highest BCUT2D eigenvalue weighted by atomic mass is 79.9. The van der Waals surface area contributed by atoms with Crippen LogP contribution in [0.2, 0.25) is 10.0 Å². The Balaban J connectivity index is 2.37. The van der Waals surface area contributed by atoms with E-state index in [9.17, 15) is 4.79 Å². The van der Waals surface area contributed by atoms with Crippen LogP contribution in [0, 0.1) is 0 Å². The van der Waals surface area contributed by atoms with Crippen molar-refractivity contribution in [1.29, 1.82) is 0 Å². The Morgan fingerprint density at radius 1 is 1.15 bits per heavy atom. The summed E-state index contributed by atoms with van der Waals surface area (Å²) in [6.45, 7) is 0. The number of nitrogens with zero attached hydrogens (tertiary/aromatic N) is 1. The van der Waals surface area contributed by atoms with E-state index in [-0.39, 0.29) is 5.91 Å². The third-order valence-corrected chi connectivity index (χ3v) is 3.69. The molecule has 2 aromatic carbocycles. The average molecular weight is 374 g/mol. The molecular formula is C14H11BrCl2N2O. The van der Waals surface area contributed by atoms with Crippen LogP contribution in [-0.4, -0.2) is 13.0 Å². The fourth-order valence-corrected chi connectivity index (χ4v) is 2.72. The molecule has 0 saturated carbocycles. The molecule has 20 heavy (non-hydrogen) atoms. The normalized spacial score (nSPS) is 10.4. The number of carbonyl (C=O) groups excluding carboxylic acids is 1. The molecule has 0 bridgehead atoms. The maximum atomic E-state index is 12.4. The first-order chi connectivity index (χ1) is 9.38. The first-order valence-electron chi connectivity index (χ1n) is 5.67. The van der Waals surface area contributed by atoms with E-state index < -0.39 is 0 Å². The summed E-state index contributed by atoms with van der Waals surface area (Å²) in [6.07, 6.45) is 0. The lowest BCUT2D eigenvalue weighted by Gasteiger charge is -2.19. The molecule has 0 atom stereocenters. The molecule has 0 aliphatic heterocycles. The number of nitrogen functional groups attached to an aromatic ring is 1. The van der Waals surface area contributed by atoms with Gasteiger partial charge < -0.3 is 10.6 Å². The lowest BCUT2D eigenvalue weighted by atomic mass is 10.1. The van der Waals surface area contributed by atoms with Crippen LogP contribution in [0.3, 0.4) is 0 Å². The minimum Gasteiger partial charge on any atom is -0.397 e. The smallest absolute Gasteiger partial charge is 0.258 e. The van der Waals surface area contributed by atoms with Crippen molar-refractivity contribution in [2.45, 2.75) is 0 Å². The van der Waals surface area contributed by atoms with Gasteiger partial charge in [0.05, 0.1) is 11.4 Å². The van der Waals surface area contributed by atoms with E-state index in [1.807, 2.05) is 6.07 Å². The molecule has 0 aromatic heterocycles. The van der Waals surface area contributed by atoms with Crippen LogP contribution >= 0.6 is 39.1 Å². The van der Waals surface area contributed by atoms with Gasteiger partial charge in [0.1, 0.15) is 0 Å². The molecule has 104 valence electrons. The van der Waals surface area contributed by atoms with Crippen LogP contribution in [0.5, 0.6) is 0 Å². The van der Waals surface area contributed by atoms with Crippen LogP contribution in [0.15, 0.2) is 40.9 Å². The molecular weight excluding hydrogens is 363 g/mol. The Kier molecular flexibility index (Phi) is 4.58. The van der Waals surface area contributed by atoms with E-state index in [4.69, 9.17) is 28.9 Å². The second-order valence-corrected chi connectivity index (χ2v) is 6.01. The molecule has 1 amide bonds. The molecule has 0 fully saturated rings. The maximum Gasteiger partial charge on any atom is 0.258 e. The van der Waals surface area contributed by atoms with Gasteiger partial charge in [-0.2, -0.15) is 0 Å². The zero-order chi connectivity index (χ0) is 14.9. The van der Waals surface area contributed by atoms with Gasteiger partial charge in [-0.3, -0.25) is 4.79 Å². The van der Waals surface area contributed by atoms with E-state index >= 15 is 0 Å². The summed E-state index contributed by atoms with van der Waals surface area (Å²) in [7, 11) is 1.65. The Morgan fingerprint density at radius 3 is 2.30 bits per heavy atom. The van der Waals surface area contributed by atoms with Crippen molar-refractivity contribution >= 4 is 56.4 Å². The Morgan fingerprint density at radius 2 is 1.75 bits per heavy atom. The van der Waals surface area contributed by atoms with Crippen LogP contribution < -0.4 is 10.6 Å². The summed E-state index contributed by atoms with van der Waals surface area (Å²) in [4.78, 5) is 13.9. The number of halogens is 3. The summed E-state index contributed by atoms with van der Waals surface area (Å²) >= 11 is 15.1. The summed E-state index contributed by atoms with van der Waals surface area (Å²) in [5.74, 6) is -0.233. The van der Waals surface area contributed by atoms with Crippen molar-refractivity contribution in [3.05, 3.63) is 56.5 Å². The first kappa shape index (κ1) is 15.2. The minimum absolute atomic E-state index is 0.233. The molecule has 0 aliphatic rings. The molecule has 2 aromatic rings. The third kappa shape index (κ3) is 3.26. The zero-order valence-electron chi connectivity index (χ0n) is 10.5. The van der Waals surface area contributed by atoms with Gasteiger partial charge in [0.15, 0.2) is 0 Å². The second-order valence-electron chi connectivity index (χ2n) is 4.23. The Hall–Kier alpha value is -1.23. The van der Waals surface area contributed by atoms with Crippen molar-refractivity contribution in [1.82, 2.24) is 0 Å². The monoisotopic (exact) mass is 372 g/mol. The number of benzene rings is 2. The molecule has 0 saturated heterocycles. The van der Waals surface area contributed by atoms with Crippen LogP contribution in [0.4, 0.5) is 11.4 Å². The molecule has 0 unspecified atom stereocenters. The van der Waals surface area contributed by atoms with Crippen molar-refractivity contribution in [2.24, 2.45) is 0 Å². The molecule has 0 aliphatic carbocycles. The number of carbonyl (C=O) groups is 1. The third-order valence-electron chi connectivity index (χ3n) is 2.77. The Labute approximate surface area is 135 Å². The number of nitrogens with two attached hydrogens (primary N) is 1. The SMILES string of the molecule is CN(C(=O)c1cc(Cl)cc(Cl)c1)c1ccc(Br)cc1N. The molecule has 2 N–H and O–H groups in total. The van der Waals surface area contributed by atoms with Crippen molar-refractivity contribution in [2.75, 3.05) is 17.7 Å². The van der Waals surface area contributed by atoms with Crippen LogP contribution in [-0.2, 0) is 0 Å². The van der Waals surface area contributed by atoms with Crippen molar-refractivity contribution in [3.63, 3.8) is 0 Å². The fraction of sp³-hybridized carbons (Fsp3) is 0.0714. The van der Waals surface area contributed by atoms with Gasteiger partial charge in [-0.05, 0) is 36.4 Å². The largest absolute Gasteiger partial charge is 0.397 e. The van der Waals surface area contributed by atoms with Crippen molar-refractivity contribution < 1.29 is 4.79 Å². The second kappa shape index (κ2) is 6.04. The molecule has 3 nitrogen and oxygen atoms in total. The molecule has 0 heterocycles. The molecule has 6 heteroatoms. The average Bonchev–Trinajstić information content (AvgIpc) is 2.36. The predicted molar refractivity (Wildman–Crippen MR) is 87.7 cm³/mol. The van der Waals surface area contributed by atoms with Gasteiger partial charge in [-0.15, -0.1) is 0 Å². The van der Waals surface area contributed by atoms with Crippen LogP contribution in [0.25, 0.3) is 0 Å². The summed E-state index contributed by atoms with van der Waals surface area (Å²) in [6, 6.07) is 10.0. The molecule has 0 radical (unpaired) electrons. The minimum atomic E-state index is -0.233. The Bertz CT molecular complexity index is 656. The topological polar surface area (TPSA) is 46.3 Å². The first-order valence-corrected chi connectivity index (χ1v) is 7.22. The number of rotatable bonds is 2. The van der Waals surface area contributed by atoms with Gasteiger partial charge in [0, 0.05) is 27.1 Å². The highest BCUT2D eigenvalue weighted by Gasteiger charge is 2.16. The van der Waals surface area contributed by atoms with Crippen LogP contribution in [0.1, 0.15) is 10.4 Å². The zero-order valence-corrected chi connectivity index (χ0v) is 13.6. The van der Waals surface area contributed by atoms with Gasteiger partial charge >= 0.3 is 0 Å². The number of anilines is 2. The van der Waals surface area contributed by atoms with Gasteiger partial charge in [0.2, 0.25) is 0 Å². The molecule has 2 rings (SSSR count). The highest BCUT2D eigenvalue weighted by molar-refractivity contribution is 9.10. The summed E-state index contributed by atoms with van der Waals surface area (Å²) in [5, 5.41) is 0.830. The van der Waals surface area contributed by atoms with E-state index in [1.165, 1.54) is 4.90 Å². The lowest BCUT2D eigenvalue weighted by molar-refractivity contribution is 0.0993. The number of hydrogen-bond acceptors (Lipinski definition) is 2. The molecule has 0 spiro atoms. The van der Waals surface area contributed by atoms with E-state index in [0.717, 1.165) is 4.47 Å². The van der Waals surface area contributed by atoms with Gasteiger partial charge in [-0.1, -0.05) is 39.1 Å². The summed E-state index contributed by atoms with van der Waals surface area (Å²) in [5.41, 5.74) is 7.45. The van der Waals surface area contributed by atoms with E-state index in [2.05, 4.69) is 15.9 Å². The lowest BCUT2D eigenvalue weighted by Crippen LogP contribution is -2.27. The fourth-order valence-electron chi connectivity index (χ4n) is 1.81. The van der Waals surface area contributed by atoms with Gasteiger partial charge in [-0.25, -0.2) is 0 Å². The standard InChI is InChI=1S/C14H11BrCl2N2O/c1-19(13-3-2-9(15)6-12(13)18)14(20)8-4-10(16)7-11(17)5-8/h2-7H,18H2,1H3. The predicted octanol–water partition coefficient (Wildman–Crippen LogP) is 4.61. The van der Waals surface area contributed by atoms with E-state index in [1.54, 1.807) is 37.4 Å². The quantitative estimate of drug-likeness (QED) is 0.781. The van der Waals surface area contributed by atoms with Crippen molar-refractivity contribution in [3.8, 4) is 0 Å². The van der Waals surface area contributed by atoms with Gasteiger partial charge in [0.25, 0.3) is 5.91 Å². The van der Waals surface area contributed by atoms with E-state index in [0.29, 0.717) is 27.0 Å². The number of hydrogen-bond donors (Lipinski definition) is 1. The summed E-state index contributed by atoms with van der Waals surface area (Å²) < 4.78 is 0.852. The number of amides is 1.